The second-order valence-corrected chi connectivity index (χ2v) is 4.19. The zero-order valence-corrected chi connectivity index (χ0v) is 11.0. The monoisotopic (exact) mass is 267 g/mol. The highest BCUT2D eigenvalue weighted by atomic mass is 16.5. The quantitative estimate of drug-likeness (QED) is 0.684. The molecule has 2 aromatic heterocycles. The van der Waals surface area contributed by atoms with E-state index in [-0.39, 0.29) is 0 Å². The Labute approximate surface area is 115 Å². The van der Waals surface area contributed by atoms with Crippen LogP contribution in [0.3, 0.4) is 0 Å². The summed E-state index contributed by atoms with van der Waals surface area (Å²) in [6.07, 6.45) is 3.40. The maximum absolute atomic E-state index is 12.2. The number of aromatic nitrogens is 3. The summed E-state index contributed by atoms with van der Waals surface area (Å²) < 4.78 is 6.78. The van der Waals surface area contributed by atoms with E-state index >= 15 is 0 Å². The Morgan fingerprint density at radius 3 is 2.80 bits per heavy atom. The van der Waals surface area contributed by atoms with E-state index < -0.39 is 5.97 Å². The van der Waals surface area contributed by atoms with Crippen LogP contribution in [0.5, 0.6) is 0 Å². The highest BCUT2D eigenvalue weighted by molar-refractivity contribution is 5.95. The number of carbonyl (C=O) groups excluding carboxylic acids is 1. The largest absolute Gasteiger partial charge is 0.461 e. The van der Waals surface area contributed by atoms with E-state index in [0.29, 0.717) is 23.8 Å². The molecule has 3 rings (SSSR count). The van der Waals surface area contributed by atoms with Gasteiger partial charge < -0.3 is 4.74 Å². The van der Waals surface area contributed by atoms with Gasteiger partial charge in [0.1, 0.15) is 5.69 Å². The van der Waals surface area contributed by atoms with Crippen molar-refractivity contribution in [2.75, 3.05) is 6.61 Å². The number of fused-ring (bicyclic) bond motifs is 1. The average molecular weight is 267 g/mol. The minimum atomic E-state index is -0.396. The molecule has 0 saturated carbocycles. The number of imidazole rings is 1. The number of hydrogen-bond donors (Lipinski definition) is 0. The second-order valence-electron chi connectivity index (χ2n) is 4.19. The van der Waals surface area contributed by atoms with Crippen molar-refractivity contribution in [1.82, 2.24) is 14.4 Å². The lowest BCUT2D eigenvalue weighted by Gasteiger charge is -2.04. The molecule has 0 atom stereocenters. The van der Waals surface area contributed by atoms with Crippen molar-refractivity contribution >= 4 is 11.7 Å². The molecule has 0 aliphatic heterocycles. The van der Waals surface area contributed by atoms with Gasteiger partial charge in [-0.15, -0.1) is 0 Å². The third-order valence-electron chi connectivity index (χ3n) is 2.92. The Morgan fingerprint density at radius 2 is 2.05 bits per heavy atom. The van der Waals surface area contributed by atoms with Gasteiger partial charge in [0, 0.05) is 18.0 Å². The summed E-state index contributed by atoms with van der Waals surface area (Å²) in [5.41, 5.74) is 1.85. The van der Waals surface area contributed by atoms with Crippen molar-refractivity contribution in [3.05, 3.63) is 54.5 Å². The van der Waals surface area contributed by atoms with Crippen LogP contribution in [0, 0.1) is 0 Å². The topological polar surface area (TPSA) is 56.5 Å². The smallest absolute Gasteiger partial charge is 0.357 e. The zero-order chi connectivity index (χ0) is 13.9. The molecule has 0 fully saturated rings. The molecule has 0 N–H and O–H groups in total. The van der Waals surface area contributed by atoms with Gasteiger partial charge in [-0.25, -0.2) is 14.8 Å². The lowest BCUT2D eigenvalue weighted by Crippen LogP contribution is -2.09. The predicted octanol–water partition coefficient (Wildman–Crippen LogP) is 2.57. The first-order chi connectivity index (χ1) is 9.81. The highest BCUT2D eigenvalue weighted by Crippen LogP contribution is 2.24. The van der Waals surface area contributed by atoms with E-state index in [1.54, 1.807) is 29.8 Å². The van der Waals surface area contributed by atoms with Gasteiger partial charge >= 0.3 is 5.97 Å². The van der Waals surface area contributed by atoms with Crippen molar-refractivity contribution in [2.45, 2.75) is 6.92 Å². The summed E-state index contributed by atoms with van der Waals surface area (Å²) in [6, 6.07) is 11.3. The van der Waals surface area contributed by atoms with Crippen molar-refractivity contribution in [1.29, 1.82) is 0 Å². The molecule has 0 bridgehead atoms. The van der Waals surface area contributed by atoms with Gasteiger partial charge in [-0.3, -0.25) is 4.40 Å². The number of nitrogens with zero attached hydrogens (tertiary/aromatic N) is 3. The Balaban J connectivity index is 2.25. The molecule has 5 nitrogen and oxygen atoms in total. The summed E-state index contributed by atoms with van der Waals surface area (Å²) in [7, 11) is 0. The van der Waals surface area contributed by atoms with Crippen molar-refractivity contribution in [3.63, 3.8) is 0 Å². The predicted molar refractivity (Wildman–Crippen MR) is 74.4 cm³/mol. The fourth-order valence-electron chi connectivity index (χ4n) is 2.08. The fourth-order valence-corrected chi connectivity index (χ4v) is 2.08. The van der Waals surface area contributed by atoms with Crippen LogP contribution < -0.4 is 0 Å². The van der Waals surface area contributed by atoms with E-state index in [4.69, 9.17) is 4.74 Å². The van der Waals surface area contributed by atoms with Crippen molar-refractivity contribution < 1.29 is 9.53 Å². The van der Waals surface area contributed by atoms with E-state index in [2.05, 4.69) is 9.97 Å². The molecular formula is C15H13N3O2. The van der Waals surface area contributed by atoms with Crippen molar-refractivity contribution in [3.8, 4) is 11.3 Å². The van der Waals surface area contributed by atoms with E-state index in [9.17, 15) is 4.79 Å². The number of ether oxygens (including phenoxy) is 1. The number of benzene rings is 1. The van der Waals surface area contributed by atoms with Gasteiger partial charge in [0.25, 0.3) is 0 Å². The normalized spacial score (nSPS) is 10.7. The molecule has 0 aliphatic rings. The van der Waals surface area contributed by atoms with Crippen LogP contribution in [-0.2, 0) is 4.74 Å². The van der Waals surface area contributed by atoms with Crippen LogP contribution in [0.2, 0.25) is 0 Å². The van der Waals surface area contributed by atoms with Crippen LogP contribution in [0.25, 0.3) is 17.0 Å². The van der Waals surface area contributed by atoms with Crippen LogP contribution >= 0.6 is 0 Å². The van der Waals surface area contributed by atoms with Crippen LogP contribution in [0.1, 0.15) is 17.4 Å². The fraction of sp³-hybridized carbons (Fsp3) is 0.133. The molecule has 20 heavy (non-hydrogen) atoms. The third kappa shape index (κ3) is 2.03. The number of hydrogen-bond acceptors (Lipinski definition) is 4. The maximum Gasteiger partial charge on any atom is 0.357 e. The Bertz CT molecular complexity index is 750. The molecule has 3 aromatic rings. The first-order valence-electron chi connectivity index (χ1n) is 6.37. The first kappa shape index (κ1) is 12.3. The summed E-state index contributed by atoms with van der Waals surface area (Å²) in [6.45, 7) is 2.10. The third-order valence-corrected chi connectivity index (χ3v) is 2.92. The Kier molecular flexibility index (Phi) is 3.16. The van der Waals surface area contributed by atoms with Crippen molar-refractivity contribution in [2.24, 2.45) is 0 Å². The highest BCUT2D eigenvalue weighted by Gasteiger charge is 2.21. The molecule has 2 heterocycles. The molecule has 1 aromatic carbocycles. The molecule has 0 amide bonds. The summed E-state index contributed by atoms with van der Waals surface area (Å²) >= 11 is 0. The number of esters is 1. The number of rotatable bonds is 3. The molecule has 5 heteroatoms. The maximum atomic E-state index is 12.2. The second kappa shape index (κ2) is 5.13. The molecule has 0 aliphatic carbocycles. The van der Waals surface area contributed by atoms with Crippen LogP contribution in [-0.4, -0.2) is 26.9 Å². The number of carbonyl (C=O) groups is 1. The van der Waals surface area contributed by atoms with Gasteiger partial charge in [0.05, 0.1) is 6.61 Å². The lowest BCUT2D eigenvalue weighted by molar-refractivity contribution is 0.0519. The van der Waals surface area contributed by atoms with Gasteiger partial charge in [-0.2, -0.15) is 0 Å². The van der Waals surface area contributed by atoms with E-state index in [1.807, 2.05) is 30.3 Å². The standard InChI is InChI=1S/C15H13N3O2/c1-2-20-14(19)13-12(11-7-4-3-5-8-11)17-15-16-9-6-10-18(13)15/h3-10H,2H2,1H3. The zero-order valence-electron chi connectivity index (χ0n) is 11.0. The van der Waals surface area contributed by atoms with Gasteiger partial charge in [-0.05, 0) is 13.0 Å². The minimum Gasteiger partial charge on any atom is -0.461 e. The van der Waals surface area contributed by atoms with Crippen LogP contribution in [0.15, 0.2) is 48.8 Å². The molecule has 100 valence electrons. The minimum absolute atomic E-state index is 0.320. The van der Waals surface area contributed by atoms with Gasteiger partial charge in [0.2, 0.25) is 5.78 Å². The summed E-state index contributed by atoms with van der Waals surface area (Å²) in [4.78, 5) is 20.8. The van der Waals surface area contributed by atoms with E-state index in [0.717, 1.165) is 5.56 Å². The molecule has 0 spiro atoms. The van der Waals surface area contributed by atoms with Gasteiger partial charge in [-0.1, -0.05) is 30.3 Å². The van der Waals surface area contributed by atoms with E-state index in [1.165, 1.54) is 0 Å². The first-order valence-corrected chi connectivity index (χ1v) is 6.37. The Morgan fingerprint density at radius 1 is 1.25 bits per heavy atom. The Hall–Kier alpha value is -2.69. The molecular weight excluding hydrogens is 254 g/mol. The lowest BCUT2D eigenvalue weighted by atomic mass is 10.1. The SMILES string of the molecule is CCOC(=O)c1c(-c2ccccc2)nc2ncccn12. The molecule has 0 saturated heterocycles. The van der Waals surface area contributed by atoms with Crippen LogP contribution in [0.4, 0.5) is 0 Å². The summed E-state index contributed by atoms with van der Waals surface area (Å²) in [5.74, 6) is 0.0845. The molecule has 0 radical (unpaired) electrons. The van der Waals surface area contributed by atoms with Gasteiger partial charge in [0.15, 0.2) is 5.69 Å². The average Bonchev–Trinajstić information content (AvgIpc) is 2.88. The molecule has 0 unspecified atom stereocenters. The summed E-state index contributed by atoms with van der Waals surface area (Å²) in [5, 5.41) is 0.